The third-order valence-corrected chi connectivity index (χ3v) is 2.93. The maximum absolute atomic E-state index is 11.8. The average molecular weight is 315 g/mol. The van der Waals surface area contributed by atoms with E-state index in [4.69, 9.17) is 9.47 Å². The third-order valence-electron chi connectivity index (χ3n) is 2.93. The molecule has 0 amide bonds. The molecular weight excluding hydrogens is 294 g/mol. The highest BCUT2D eigenvalue weighted by molar-refractivity contribution is 5.97. The van der Waals surface area contributed by atoms with Crippen LogP contribution in [0, 0.1) is 0 Å². The van der Waals surface area contributed by atoms with Crippen molar-refractivity contribution in [2.24, 2.45) is 4.99 Å². The van der Waals surface area contributed by atoms with Crippen molar-refractivity contribution in [2.45, 2.75) is 20.3 Å². The van der Waals surface area contributed by atoms with Crippen LogP contribution >= 0.6 is 0 Å². The maximum atomic E-state index is 11.8. The normalized spacial score (nSPS) is 11.9. The zero-order valence-corrected chi connectivity index (χ0v) is 13.8. The molecule has 0 unspecified atom stereocenters. The van der Waals surface area contributed by atoms with Crippen molar-refractivity contribution in [1.82, 2.24) is 0 Å². The van der Waals surface area contributed by atoms with Gasteiger partial charge in [-0.3, -0.25) is 4.99 Å². The van der Waals surface area contributed by atoms with E-state index in [1.165, 1.54) is 20.3 Å². The number of rotatable bonds is 6. The Labute approximate surface area is 136 Å². The molecule has 0 atom stereocenters. The second-order valence-electron chi connectivity index (χ2n) is 4.58. The maximum Gasteiger partial charge on any atom is 0.337 e. The summed E-state index contributed by atoms with van der Waals surface area (Å²) in [6.45, 7) is 3.87. The van der Waals surface area contributed by atoms with E-state index in [9.17, 15) is 9.59 Å². The standard InChI is InChI=1S/C18H21NO4/c1-5-7-8-16(19-9-6-2)13-10-14(17(20)22-3)12-15(11-13)18(21)23-4/h5,7-12H,6H2,1-4H3/b7-5+,16-8-,19-9?. The fraction of sp³-hybridized carbons (Fsp3) is 0.278. The molecule has 1 aromatic rings. The van der Waals surface area contributed by atoms with E-state index < -0.39 is 11.9 Å². The number of benzene rings is 1. The smallest absolute Gasteiger partial charge is 0.337 e. The molecule has 0 bridgehead atoms. The lowest BCUT2D eigenvalue weighted by atomic mass is 10.0. The molecule has 5 heteroatoms. The van der Waals surface area contributed by atoms with Gasteiger partial charge in [-0.05, 0) is 37.6 Å². The molecule has 0 spiro atoms. The van der Waals surface area contributed by atoms with E-state index in [0.29, 0.717) is 11.3 Å². The van der Waals surface area contributed by atoms with Crippen molar-refractivity contribution in [1.29, 1.82) is 0 Å². The summed E-state index contributed by atoms with van der Waals surface area (Å²) in [7, 11) is 2.58. The Morgan fingerprint density at radius 2 is 1.57 bits per heavy atom. The lowest BCUT2D eigenvalue weighted by molar-refractivity contribution is 0.0599. The average Bonchev–Trinajstić information content (AvgIpc) is 2.59. The van der Waals surface area contributed by atoms with Gasteiger partial charge in [-0.25, -0.2) is 9.59 Å². The summed E-state index contributed by atoms with van der Waals surface area (Å²) < 4.78 is 9.48. The van der Waals surface area contributed by atoms with Gasteiger partial charge < -0.3 is 9.47 Å². The Hall–Kier alpha value is -2.69. The molecule has 0 aliphatic carbocycles. The Kier molecular flexibility index (Phi) is 7.47. The Morgan fingerprint density at radius 3 is 2.00 bits per heavy atom. The molecule has 0 radical (unpaired) electrons. The summed E-state index contributed by atoms with van der Waals surface area (Å²) in [6.07, 6.45) is 8.05. The minimum absolute atomic E-state index is 0.267. The summed E-state index contributed by atoms with van der Waals surface area (Å²) >= 11 is 0. The molecule has 1 aromatic carbocycles. The molecule has 0 N–H and O–H groups in total. The van der Waals surface area contributed by atoms with Gasteiger partial charge in [-0.1, -0.05) is 19.1 Å². The molecule has 0 aliphatic heterocycles. The molecule has 5 nitrogen and oxygen atoms in total. The number of carbonyl (C=O) groups excluding carboxylic acids is 2. The van der Waals surface area contributed by atoms with Crippen LogP contribution in [-0.4, -0.2) is 32.4 Å². The highest BCUT2D eigenvalue weighted by Gasteiger charge is 2.15. The van der Waals surface area contributed by atoms with E-state index in [-0.39, 0.29) is 11.1 Å². The molecule has 122 valence electrons. The van der Waals surface area contributed by atoms with Crippen LogP contribution in [-0.2, 0) is 9.47 Å². The first-order chi connectivity index (χ1) is 11.1. The number of aliphatic imine (C=N–C) groups is 1. The minimum Gasteiger partial charge on any atom is -0.465 e. The highest BCUT2D eigenvalue weighted by atomic mass is 16.5. The largest absolute Gasteiger partial charge is 0.465 e. The molecule has 0 heterocycles. The minimum atomic E-state index is -0.526. The van der Waals surface area contributed by atoms with Gasteiger partial charge in [0.25, 0.3) is 0 Å². The monoisotopic (exact) mass is 315 g/mol. The summed E-state index contributed by atoms with van der Waals surface area (Å²) in [5.74, 6) is -1.05. The van der Waals surface area contributed by atoms with Gasteiger partial charge in [-0.15, -0.1) is 0 Å². The SMILES string of the molecule is C/C=C/C=C(\N=CCC)c1cc(C(=O)OC)cc(C(=O)OC)c1. The van der Waals surface area contributed by atoms with Gasteiger partial charge in [0.15, 0.2) is 0 Å². The second kappa shape index (κ2) is 9.35. The van der Waals surface area contributed by atoms with Gasteiger partial charge in [0.2, 0.25) is 0 Å². The van der Waals surface area contributed by atoms with Crippen LogP contribution in [0.1, 0.15) is 46.5 Å². The highest BCUT2D eigenvalue weighted by Crippen LogP contribution is 2.21. The molecule has 0 saturated heterocycles. The summed E-state index contributed by atoms with van der Waals surface area (Å²) in [4.78, 5) is 28.0. The van der Waals surface area contributed by atoms with E-state index in [1.807, 2.05) is 32.1 Å². The summed E-state index contributed by atoms with van der Waals surface area (Å²) in [5.41, 5.74) is 1.81. The number of allylic oxidation sites excluding steroid dienone is 3. The number of hydrogen-bond acceptors (Lipinski definition) is 5. The van der Waals surface area contributed by atoms with Gasteiger partial charge >= 0.3 is 11.9 Å². The lowest BCUT2D eigenvalue weighted by Gasteiger charge is -2.08. The van der Waals surface area contributed by atoms with Crippen LogP contribution in [0.25, 0.3) is 5.70 Å². The summed E-state index contributed by atoms with van der Waals surface area (Å²) in [5, 5.41) is 0. The molecule has 23 heavy (non-hydrogen) atoms. The van der Waals surface area contributed by atoms with Gasteiger partial charge in [0, 0.05) is 11.8 Å². The van der Waals surface area contributed by atoms with Crippen molar-refractivity contribution < 1.29 is 19.1 Å². The van der Waals surface area contributed by atoms with Crippen LogP contribution in [0.2, 0.25) is 0 Å². The predicted molar refractivity (Wildman–Crippen MR) is 90.7 cm³/mol. The van der Waals surface area contributed by atoms with Crippen molar-refractivity contribution in [2.75, 3.05) is 14.2 Å². The van der Waals surface area contributed by atoms with Crippen LogP contribution in [0.15, 0.2) is 41.4 Å². The van der Waals surface area contributed by atoms with Crippen molar-refractivity contribution >= 4 is 23.9 Å². The molecular formula is C18H21NO4. The first-order valence-electron chi connectivity index (χ1n) is 7.24. The lowest BCUT2D eigenvalue weighted by Crippen LogP contribution is -2.07. The quantitative estimate of drug-likeness (QED) is 0.456. The van der Waals surface area contributed by atoms with Gasteiger partial charge in [0.1, 0.15) is 0 Å². The van der Waals surface area contributed by atoms with Crippen LogP contribution in [0.4, 0.5) is 0 Å². The number of esters is 2. The molecule has 1 rings (SSSR count). The summed E-state index contributed by atoms with van der Waals surface area (Å²) in [6, 6.07) is 4.72. The van der Waals surface area contributed by atoms with Gasteiger partial charge in [0.05, 0.1) is 31.0 Å². The first-order valence-corrected chi connectivity index (χ1v) is 7.24. The second-order valence-corrected chi connectivity index (χ2v) is 4.58. The molecule has 0 aromatic heterocycles. The van der Waals surface area contributed by atoms with E-state index in [2.05, 4.69) is 4.99 Å². The Morgan fingerprint density at radius 1 is 1.04 bits per heavy atom. The van der Waals surface area contributed by atoms with Crippen LogP contribution in [0.3, 0.4) is 0 Å². The Bertz CT molecular complexity index is 623. The molecule has 0 saturated carbocycles. The van der Waals surface area contributed by atoms with E-state index in [0.717, 1.165) is 6.42 Å². The van der Waals surface area contributed by atoms with Gasteiger partial charge in [-0.2, -0.15) is 0 Å². The van der Waals surface area contributed by atoms with Crippen molar-refractivity contribution in [3.8, 4) is 0 Å². The van der Waals surface area contributed by atoms with E-state index in [1.54, 1.807) is 18.3 Å². The van der Waals surface area contributed by atoms with Crippen LogP contribution < -0.4 is 0 Å². The van der Waals surface area contributed by atoms with Crippen LogP contribution in [0.5, 0.6) is 0 Å². The topological polar surface area (TPSA) is 65.0 Å². The fourth-order valence-corrected chi connectivity index (χ4v) is 1.84. The zero-order chi connectivity index (χ0) is 17.2. The van der Waals surface area contributed by atoms with Crippen molar-refractivity contribution in [3.05, 3.63) is 53.1 Å². The molecule has 0 aliphatic rings. The fourth-order valence-electron chi connectivity index (χ4n) is 1.84. The number of nitrogens with zero attached hydrogens (tertiary/aromatic N) is 1. The third kappa shape index (κ3) is 5.21. The number of hydrogen-bond donors (Lipinski definition) is 0. The van der Waals surface area contributed by atoms with E-state index >= 15 is 0 Å². The first kappa shape index (κ1) is 18.4. The zero-order valence-electron chi connectivity index (χ0n) is 13.8. The molecule has 0 fully saturated rings. The number of carbonyl (C=O) groups is 2. The Balaban J connectivity index is 3.49. The number of methoxy groups -OCH3 is 2. The predicted octanol–water partition coefficient (Wildman–Crippen LogP) is 3.66. The number of ether oxygens (including phenoxy) is 2. The van der Waals surface area contributed by atoms with Crippen molar-refractivity contribution in [3.63, 3.8) is 0 Å².